The van der Waals surface area contributed by atoms with E-state index in [1.165, 1.54) is 10.4 Å². The number of amides is 1. The van der Waals surface area contributed by atoms with Crippen LogP contribution in [0.15, 0.2) is 34.2 Å². The first-order valence-corrected chi connectivity index (χ1v) is 9.31. The third-order valence-electron chi connectivity index (χ3n) is 4.23. The van der Waals surface area contributed by atoms with Gasteiger partial charge in [0.05, 0.1) is 16.6 Å². The molecule has 1 aliphatic rings. The summed E-state index contributed by atoms with van der Waals surface area (Å²) in [6.07, 6.45) is 2.58. The number of carbonyl (C=O) groups is 1. The molecule has 1 amide bonds. The Labute approximate surface area is 150 Å². The minimum atomic E-state index is -0.0347. The molecule has 0 saturated carbocycles. The monoisotopic (exact) mass is 409 g/mol. The standard InChI is InChI=1S/C16H13BrClN3OS/c1-9-15-12(13(17)8-23-15)4-5-20(9)16(22)14-6-11-3-2-10(18)7-21(11)19-14/h2-3,6-9H,4-5H2,1H3. The lowest BCUT2D eigenvalue weighted by atomic mass is 10.0. The summed E-state index contributed by atoms with van der Waals surface area (Å²) in [5, 5.41) is 7.08. The fourth-order valence-corrected chi connectivity index (χ4v) is 5.06. The molecule has 3 aromatic heterocycles. The predicted molar refractivity (Wildman–Crippen MR) is 95.4 cm³/mol. The summed E-state index contributed by atoms with van der Waals surface area (Å²) < 4.78 is 2.80. The van der Waals surface area contributed by atoms with Crippen molar-refractivity contribution < 1.29 is 4.79 Å². The van der Waals surface area contributed by atoms with Gasteiger partial charge in [-0.1, -0.05) is 11.6 Å². The molecule has 1 aliphatic heterocycles. The molecule has 0 N–H and O–H groups in total. The number of hydrogen-bond acceptors (Lipinski definition) is 3. The normalized spacial score (nSPS) is 17.5. The largest absolute Gasteiger partial charge is 0.329 e. The highest BCUT2D eigenvalue weighted by Gasteiger charge is 2.31. The van der Waals surface area contributed by atoms with Crippen molar-refractivity contribution >= 4 is 50.3 Å². The van der Waals surface area contributed by atoms with E-state index < -0.39 is 0 Å². The van der Waals surface area contributed by atoms with E-state index >= 15 is 0 Å². The topological polar surface area (TPSA) is 37.6 Å². The average molecular weight is 411 g/mol. The molecule has 1 unspecified atom stereocenters. The second kappa shape index (κ2) is 5.61. The van der Waals surface area contributed by atoms with Gasteiger partial charge in [0.1, 0.15) is 0 Å². The summed E-state index contributed by atoms with van der Waals surface area (Å²) >= 11 is 11.3. The zero-order valence-electron chi connectivity index (χ0n) is 12.3. The maximum Gasteiger partial charge on any atom is 0.274 e. The van der Waals surface area contributed by atoms with Gasteiger partial charge in [0.25, 0.3) is 5.91 Å². The second-order valence-corrected chi connectivity index (χ2v) is 7.80. The van der Waals surface area contributed by atoms with E-state index in [9.17, 15) is 4.79 Å². The van der Waals surface area contributed by atoms with Gasteiger partial charge < -0.3 is 4.90 Å². The Kier molecular flexibility index (Phi) is 3.70. The van der Waals surface area contributed by atoms with Crippen molar-refractivity contribution in [3.05, 3.63) is 55.4 Å². The third kappa shape index (κ3) is 2.49. The molecule has 4 nitrogen and oxygen atoms in total. The highest BCUT2D eigenvalue weighted by Crippen LogP contribution is 2.39. The van der Waals surface area contributed by atoms with E-state index in [1.54, 1.807) is 28.1 Å². The van der Waals surface area contributed by atoms with Crippen LogP contribution in [0.2, 0.25) is 5.02 Å². The van der Waals surface area contributed by atoms with Gasteiger partial charge in [-0.2, -0.15) is 5.10 Å². The van der Waals surface area contributed by atoms with Gasteiger partial charge in [-0.15, -0.1) is 11.3 Å². The first-order valence-electron chi connectivity index (χ1n) is 7.26. The molecule has 0 spiro atoms. The Morgan fingerprint density at radius 3 is 3.13 bits per heavy atom. The lowest BCUT2D eigenvalue weighted by Crippen LogP contribution is -2.38. The van der Waals surface area contributed by atoms with Crippen LogP contribution in [-0.4, -0.2) is 27.0 Å². The number of aromatic nitrogens is 2. The van der Waals surface area contributed by atoms with E-state index in [2.05, 4.69) is 33.3 Å². The zero-order valence-corrected chi connectivity index (χ0v) is 15.5. The first-order chi connectivity index (χ1) is 11.0. The number of rotatable bonds is 1. The van der Waals surface area contributed by atoms with Crippen molar-refractivity contribution in [2.75, 3.05) is 6.54 Å². The van der Waals surface area contributed by atoms with E-state index in [0.717, 1.165) is 16.4 Å². The minimum absolute atomic E-state index is 0.0347. The number of hydrogen-bond donors (Lipinski definition) is 0. The molecule has 0 saturated heterocycles. The highest BCUT2D eigenvalue weighted by atomic mass is 79.9. The smallest absolute Gasteiger partial charge is 0.274 e. The maximum absolute atomic E-state index is 12.9. The lowest BCUT2D eigenvalue weighted by molar-refractivity contribution is 0.0675. The third-order valence-corrected chi connectivity index (χ3v) is 6.66. The molecule has 3 aromatic rings. The van der Waals surface area contributed by atoms with Gasteiger partial charge in [0.15, 0.2) is 5.69 Å². The van der Waals surface area contributed by atoms with Crippen LogP contribution in [0.1, 0.15) is 33.9 Å². The molecule has 118 valence electrons. The summed E-state index contributed by atoms with van der Waals surface area (Å²) in [6, 6.07) is 5.54. The quantitative estimate of drug-likeness (QED) is 0.589. The lowest BCUT2D eigenvalue weighted by Gasteiger charge is -2.33. The van der Waals surface area contributed by atoms with Crippen LogP contribution in [0.25, 0.3) is 5.52 Å². The van der Waals surface area contributed by atoms with Gasteiger partial charge >= 0.3 is 0 Å². The molecule has 23 heavy (non-hydrogen) atoms. The van der Waals surface area contributed by atoms with Gasteiger partial charge in [-0.05, 0) is 53.0 Å². The SMILES string of the molecule is CC1c2scc(Br)c2CCN1C(=O)c1cc2ccc(Cl)cn2n1. The van der Waals surface area contributed by atoms with Gasteiger partial charge in [0, 0.05) is 27.5 Å². The van der Waals surface area contributed by atoms with Crippen molar-refractivity contribution in [3.8, 4) is 0 Å². The molecule has 4 heterocycles. The van der Waals surface area contributed by atoms with Crippen molar-refractivity contribution in [2.45, 2.75) is 19.4 Å². The van der Waals surface area contributed by atoms with Gasteiger partial charge in [-0.25, -0.2) is 4.52 Å². The van der Waals surface area contributed by atoms with Crippen molar-refractivity contribution in [3.63, 3.8) is 0 Å². The van der Waals surface area contributed by atoms with E-state index in [4.69, 9.17) is 11.6 Å². The second-order valence-electron chi connectivity index (χ2n) is 5.60. The molecule has 0 fully saturated rings. The average Bonchev–Trinajstić information content (AvgIpc) is 3.11. The molecule has 0 bridgehead atoms. The van der Waals surface area contributed by atoms with E-state index in [1.807, 2.05) is 17.0 Å². The number of nitrogens with zero attached hydrogens (tertiary/aromatic N) is 3. The summed E-state index contributed by atoms with van der Waals surface area (Å²) in [5.41, 5.74) is 2.65. The van der Waals surface area contributed by atoms with Crippen LogP contribution in [0.4, 0.5) is 0 Å². The molecule has 0 aliphatic carbocycles. The fraction of sp³-hybridized carbons (Fsp3) is 0.250. The first kappa shape index (κ1) is 15.2. The molecule has 7 heteroatoms. The van der Waals surface area contributed by atoms with E-state index in [0.29, 0.717) is 17.3 Å². The molecule has 0 aromatic carbocycles. The predicted octanol–water partition coefficient (Wildman–Crippen LogP) is 4.57. The van der Waals surface area contributed by atoms with Crippen LogP contribution in [0.5, 0.6) is 0 Å². The molecular formula is C16H13BrClN3OS. The number of pyridine rings is 1. The number of halogens is 2. The van der Waals surface area contributed by atoms with Crippen LogP contribution < -0.4 is 0 Å². The maximum atomic E-state index is 12.9. The summed E-state index contributed by atoms with van der Waals surface area (Å²) in [5.74, 6) is -0.0347. The number of carbonyl (C=O) groups excluding carboxylic acids is 1. The van der Waals surface area contributed by atoms with Crippen LogP contribution in [0.3, 0.4) is 0 Å². The summed E-state index contributed by atoms with van der Waals surface area (Å²) in [4.78, 5) is 16.0. The van der Waals surface area contributed by atoms with Crippen molar-refractivity contribution in [1.82, 2.24) is 14.5 Å². The highest BCUT2D eigenvalue weighted by molar-refractivity contribution is 9.10. The Morgan fingerprint density at radius 1 is 1.48 bits per heavy atom. The Balaban J connectivity index is 1.68. The number of fused-ring (bicyclic) bond motifs is 2. The van der Waals surface area contributed by atoms with Gasteiger partial charge in [-0.3, -0.25) is 4.79 Å². The molecule has 1 atom stereocenters. The summed E-state index contributed by atoms with van der Waals surface area (Å²) in [7, 11) is 0. The van der Waals surface area contributed by atoms with Crippen molar-refractivity contribution in [2.24, 2.45) is 0 Å². The molecule has 0 radical (unpaired) electrons. The molecule has 4 rings (SSSR count). The summed E-state index contributed by atoms with van der Waals surface area (Å²) in [6.45, 7) is 2.78. The molecular weight excluding hydrogens is 398 g/mol. The van der Waals surface area contributed by atoms with Crippen molar-refractivity contribution in [1.29, 1.82) is 0 Å². The van der Waals surface area contributed by atoms with Gasteiger partial charge in [0.2, 0.25) is 0 Å². The Hall–Kier alpha value is -1.37. The Bertz CT molecular complexity index is 919. The number of thiophene rings is 1. The zero-order chi connectivity index (χ0) is 16.1. The minimum Gasteiger partial charge on any atom is -0.329 e. The Morgan fingerprint density at radius 2 is 2.30 bits per heavy atom. The van der Waals surface area contributed by atoms with Crippen LogP contribution in [0, 0.1) is 0 Å². The van der Waals surface area contributed by atoms with E-state index in [-0.39, 0.29) is 11.9 Å². The fourth-order valence-electron chi connectivity index (χ4n) is 3.03. The van der Waals surface area contributed by atoms with Crippen LogP contribution in [-0.2, 0) is 6.42 Å². The van der Waals surface area contributed by atoms with Crippen LogP contribution >= 0.6 is 38.9 Å².